The van der Waals surface area contributed by atoms with Gasteiger partial charge in [-0.1, -0.05) is 30.2 Å². The van der Waals surface area contributed by atoms with E-state index in [1.165, 1.54) is 6.42 Å². The highest BCUT2D eigenvalue weighted by atomic mass is 35.5. The summed E-state index contributed by atoms with van der Waals surface area (Å²) in [7, 11) is 0. The predicted molar refractivity (Wildman–Crippen MR) is 69.1 cm³/mol. The van der Waals surface area contributed by atoms with Crippen molar-refractivity contribution in [2.75, 3.05) is 0 Å². The van der Waals surface area contributed by atoms with Crippen LogP contribution in [0.2, 0.25) is 5.02 Å². The maximum atomic E-state index is 12.4. The van der Waals surface area contributed by atoms with E-state index in [0.29, 0.717) is 16.9 Å². The first-order valence-electron chi connectivity index (χ1n) is 6.41. The smallest absolute Gasteiger partial charge is 0.158 e. The van der Waals surface area contributed by atoms with Crippen molar-refractivity contribution in [3.63, 3.8) is 0 Å². The Morgan fingerprint density at radius 3 is 2.72 bits per heavy atom. The van der Waals surface area contributed by atoms with Crippen LogP contribution in [0.3, 0.4) is 0 Å². The predicted octanol–water partition coefficient (Wildman–Crippen LogP) is 3.56. The van der Waals surface area contributed by atoms with Crippen LogP contribution in [0.1, 0.15) is 30.7 Å². The summed E-state index contributed by atoms with van der Waals surface area (Å²) in [6.07, 6.45) is 3.57. The number of nitriles is 1. The number of benzene rings is 1. The van der Waals surface area contributed by atoms with Gasteiger partial charge in [0.2, 0.25) is 0 Å². The normalized spacial score (nSPS) is 30.3. The molecule has 0 spiro atoms. The topological polar surface area (TPSA) is 40.9 Å². The molecule has 0 radical (unpaired) electrons. The van der Waals surface area contributed by atoms with Gasteiger partial charge in [-0.15, -0.1) is 0 Å². The quantitative estimate of drug-likeness (QED) is 0.833. The van der Waals surface area contributed by atoms with Gasteiger partial charge < -0.3 is 0 Å². The number of nitrogens with zero attached hydrogens (tertiary/aromatic N) is 1. The van der Waals surface area contributed by atoms with Crippen molar-refractivity contribution < 1.29 is 4.79 Å². The highest BCUT2D eigenvalue weighted by Gasteiger charge is 2.57. The third-order valence-electron chi connectivity index (χ3n) is 4.33. The number of carbonyl (C=O) groups excluding carboxylic acids is 1. The Labute approximate surface area is 112 Å². The molecule has 0 N–H and O–H groups in total. The van der Waals surface area contributed by atoms with Crippen molar-refractivity contribution >= 4 is 17.4 Å². The van der Waals surface area contributed by atoms with Gasteiger partial charge in [0.15, 0.2) is 5.78 Å². The maximum absolute atomic E-state index is 12.4. The van der Waals surface area contributed by atoms with Gasteiger partial charge in [-0.2, -0.15) is 5.26 Å². The van der Waals surface area contributed by atoms with Gasteiger partial charge in [-0.05, 0) is 42.4 Å². The van der Waals surface area contributed by atoms with Crippen molar-refractivity contribution in [2.24, 2.45) is 17.8 Å². The van der Waals surface area contributed by atoms with E-state index in [2.05, 4.69) is 6.07 Å². The fourth-order valence-electron chi connectivity index (χ4n) is 3.42. The van der Waals surface area contributed by atoms with E-state index in [4.69, 9.17) is 11.6 Å². The molecular formula is C15H14ClNO. The molecule has 0 saturated heterocycles. The van der Waals surface area contributed by atoms with Crippen LogP contribution in [0, 0.1) is 29.1 Å². The summed E-state index contributed by atoms with van der Waals surface area (Å²) in [6.45, 7) is 0. The molecule has 0 heterocycles. The Morgan fingerprint density at radius 1 is 1.39 bits per heavy atom. The van der Waals surface area contributed by atoms with Crippen LogP contribution in [0.25, 0.3) is 0 Å². The second kappa shape index (κ2) is 4.40. The molecule has 1 aromatic rings. The average molecular weight is 260 g/mol. The Morgan fingerprint density at radius 2 is 2.11 bits per heavy atom. The lowest BCUT2D eigenvalue weighted by molar-refractivity contribution is -0.121. The fraction of sp³-hybridized carbons (Fsp3) is 0.467. The summed E-state index contributed by atoms with van der Waals surface area (Å²) in [4.78, 5) is 12.4. The second-order valence-corrected chi connectivity index (χ2v) is 5.74. The molecule has 2 aliphatic carbocycles. The first kappa shape index (κ1) is 11.7. The highest BCUT2D eigenvalue weighted by Crippen LogP contribution is 2.59. The van der Waals surface area contributed by atoms with Crippen LogP contribution >= 0.6 is 11.6 Å². The fourth-order valence-corrected chi connectivity index (χ4v) is 3.62. The first-order chi connectivity index (χ1) is 8.72. The van der Waals surface area contributed by atoms with Crippen molar-refractivity contribution in [1.82, 2.24) is 0 Å². The van der Waals surface area contributed by atoms with Crippen LogP contribution < -0.4 is 0 Å². The molecule has 3 heteroatoms. The average Bonchev–Trinajstić information content (AvgIpc) is 2.84. The number of hydrogen-bond acceptors (Lipinski definition) is 2. The van der Waals surface area contributed by atoms with Gasteiger partial charge in [0.25, 0.3) is 0 Å². The monoisotopic (exact) mass is 259 g/mol. The number of carbonyl (C=O) groups is 1. The summed E-state index contributed by atoms with van der Waals surface area (Å²) >= 11 is 5.92. The molecule has 2 nitrogen and oxygen atoms in total. The molecule has 18 heavy (non-hydrogen) atoms. The molecule has 2 aliphatic rings. The van der Waals surface area contributed by atoms with Crippen LogP contribution in [-0.4, -0.2) is 5.78 Å². The lowest BCUT2D eigenvalue weighted by Gasteiger charge is -2.10. The van der Waals surface area contributed by atoms with Crippen LogP contribution in [-0.2, 0) is 4.79 Å². The lowest BCUT2D eigenvalue weighted by Crippen LogP contribution is -2.15. The van der Waals surface area contributed by atoms with Crippen molar-refractivity contribution in [3.05, 3.63) is 34.9 Å². The minimum absolute atomic E-state index is 0.106. The number of halogens is 1. The van der Waals surface area contributed by atoms with Crippen LogP contribution in [0.4, 0.5) is 0 Å². The molecule has 3 atom stereocenters. The zero-order valence-electron chi connectivity index (χ0n) is 9.97. The van der Waals surface area contributed by atoms with Gasteiger partial charge in [0.1, 0.15) is 5.92 Å². The van der Waals surface area contributed by atoms with E-state index in [-0.39, 0.29) is 11.7 Å². The molecule has 92 valence electrons. The molecule has 2 saturated carbocycles. The number of hydrogen-bond donors (Lipinski definition) is 0. The van der Waals surface area contributed by atoms with E-state index < -0.39 is 5.92 Å². The van der Waals surface area contributed by atoms with Gasteiger partial charge in [-0.3, -0.25) is 4.79 Å². The highest BCUT2D eigenvalue weighted by molar-refractivity contribution is 6.30. The molecule has 0 aliphatic heterocycles. The van der Waals surface area contributed by atoms with E-state index in [0.717, 1.165) is 18.4 Å². The summed E-state index contributed by atoms with van der Waals surface area (Å²) in [5.74, 6) is 0.733. The Hall–Kier alpha value is -1.33. The number of rotatable bonds is 3. The lowest BCUT2D eigenvalue weighted by atomic mass is 9.91. The molecule has 2 fully saturated rings. The Balaban J connectivity index is 1.81. The summed E-state index contributed by atoms with van der Waals surface area (Å²) in [6, 6.07) is 9.25. The van der Waals surface area contributed by atoms with Gasteiger partial charge >= 0.3 is 0 Å². The zero-order valence-corrected chi connectivity index (χ0v) is 10.7. The van der Waals surface area contributed by atoms with Crippen molar-refractivity contribution in [1.29, 1.82) is 5.26 Å². The SMILES string of the molecule is N#CC(C(=O)C1C2CCCC21)c1cccc(Cl)c1. The van der Waals surface area contributed by atoms with Gasteiger partial charge in [0, 0.05) is 10.9 Å². The standard InChI is InChI=1S/C15H14ClNO/c16-10-4-1-3-9(7-10)13(8-17)15(18)14-11-5-2-6-12(11)14/h1,3-4,7,11-14H,2,5-6H2. The van der Waals surface area contributed by atoms with E-state index >= 15 is 0 Å². The molecule has 1 aromatic carbocycles. The van der Waals surface area contributed by atoms with E-state index in [1.807, 2.05) is 6.07 Å². The summed E-state index contributed by atoms with van der Waals surface area (Å²) in [5, 5.41) is 9.85. The number of Topliss-reactive ketones (excluding diaryl/α,β-unsaturated/α-hetero) is 1. The first-order valence-corrected chi connectivity index (χ1v) is 6.79. The largest absolute Gasteiger partial charge is 0.298 e. The summed E-state index contributed by atoms with van der Waals surface area (Å²) in [5.41, 5.74) is 0.736. The maximum Gasteiger partial charge on any atom is 0.158 e. The van der Waals surface area contributed by atoms with Crippen molar-refractivity contribution in [2.45, 2.75) is 25.2 Å². The van der Waals surface area contributed by atoms with E-state index in [1.54, 1.807) is 18.2 Å². The summed E-state index contributed by atoms with van der Waals surface area (Å²) < 4.78 is 0. The third kappa shape index (κ3) is 1.83. The number of fused-ring (bicyclic) bond motifs is 1. The minimum atomic E-state index is -0.640. The van der Waals surface area contributed by atoms with Crippen LogP contribution in [0.15, 0.2) is 24.3 Å². The molecule has 3 rings (SSSR count). The van der Waals surface area contributed by atoms with Gasteiger partial charge in [0.05, 0.1) is 6.07 Å². The van der Waals surface area contributed by atoms with Gasteiger partial charge in [-0.25, -0.2) is 0 Å². The molecule has 3 unspecified atom stereocenters. The Kier molecular flexibility index (Phi) is 2.87. The molecule has 0 amide bonds. The molecule has 0 bridgehead atoms. The molecule has 0 aromatic heterocycles. The number of ketones is 1. The zero-order chi connectivity index (χ0) is 12.7. The second-order valence-electron chi connectivity index (χ2n) is 5.30. The van der Waals surface area contributed by atoms with E-state index in [9.17, 15) is 10.1 Å². The Bertz CT molecular complexity index is 524. The minimum Gasteiger partial charge on any atom is -0.298 e. The molecular weight excluding hydrogens is 246 g/mol. The van der Waals surface area contributed by atoms with Crippen LogP contribution in [0.5, 0.6) is 0 Å². The third-order valence-corrected chi connectivity index (χ3v) is 4.57. The van der Waals surface area contributed by atoms with Crippen molar-refractivity contribution in [3.8, 4) is 6.07 Å².